The van der Waals surface area contributed by atoms with Gasteiger partial charge in [0.05, 0.1) is 19.2 Å². The van der Waals surface area contributed by atoms with Crippen LogP contribution in [0.15, 0.2) is 42.7 Å². The molecule has 140 valence electrons. The minimum atomic E-state index is -0.313. The van der Waals surface area contributed by atoms with Crippen molar-refractivity contribution in [1.82, 2.24) is 14.8 Å². The number of benzene rings is 2. The topological polar surface area (TPSA) is 78.3 Å². The Morgan fingerprint density at radius 2 is 2.04 bits per heavy atom. The van der Waals surface area contributed by atoms with Gasteiger partial charge in [0.2, 0.25) is 0 Å². The third-order valence-electron chi connectivity index (χ3n) is 4.03. The van der Waals surface area contributed by atoms with Crippen molar-refractivity contribution in [2.75, 3.05) is 19.5 Å². The number of nitrogens with zero attached hydrogens (tertiary/aromatic N) is 3. The van der Waals surface area contributed by atoms with E-state index in [1.807, 2.05) is 29.7 Å². The van der Waals surface area contributed by atoms with Gasteiger partial charge in [0.15, 0.2) is 17.3 Å². The molecule has 1 N–H and O–H groups in total. The van der Waals surface area contributed by atoms with Gasteiger partial charge < -0.3 is 19.4 Å². The number of methoxy groups -OCH3 is 2. The fourth-order valence-electron chi connectivity index (χ4n) is 2.70. The largest absolute Gasteiger partial charge is 0.493 e. The second kappa shape index (κ2) is 8.09. The number of carbonyl (C=O) groups is 1. The first-order chi connectivity index (χ1) is 13.1. The van der Waals surface area contributed by atoms with E-state index in [9.17, 15) is 4.79 Å². The van der Waals surface area contributed by atoms with E-state index < -0.39 is 0 Å². The number of ether oxygens (including phenoxy) is 2. The molecule has 0 atom stereocenters. The second-order valence-electron chi connectivity index (χ2n) is 5.67. The highest BCUT2D eigenvalue weighted by atomic mass is 35.5. The molecule has 8 heteroatoms. The van der Waals surface area contributed by atoms with Crippen molar-refractivity contribution < 1.29 is 14.3 Å². The van der Waals surface area contributed by atoms with E-state index in [4.69, 9.17) is 21.1 Å². The van der Waals surface area contributed by atoms with Crippen LogP contribution in [0.25, 0.3) is 11.4 Å². The van der Waals surface area contributed by atoms with Crippen LogP contribution < -0.4 is 14.8 Å². The molecule has 0 radical (unpaired) electrons. The maximum absolute atomic E-state index is 12.7. The Bertz CT molecular complexity index is 971. The first kappa shape index (κ1) is 18.7. The molecule has 0 spiro atoms. The van der Waals surface area contributed by atoms with Gasteiger partial charge in [-0.2, -0.15) is 0 Å². The monoisotopic (exact) mass is 386 g/mol. The average Bonchev–Trinajstić information content (AvgIpc) is 3.16. The standard InChI is InChI=1S/C19H19ClN4O3/c1-4-24-11-21-23-18(24)12-6-5-7-14(8-12)22-19(25)13-9-15(20)17(27-3)16(10-13)26-2/h5-11H,4H2,1-3H3,(H,22,25). The lowest BCUT2D eigenvalue weighted by atomic mass is 10.1. The number of hydrogen-bond donors (Lipinski definition) is 1. The SMILES string of the molecule is CCn1cnnc1-c1cccc(NC(=O)c2cc(Cl)c(OC)c(OC)c2)c1. The van der Waals surface area contributed by atoms with Gasteiger partial charge in [0.25, 0.3) is 5.91 Å². The maximum atomic E-state index is 12.7. The van der Waals surface area contributed by atoms with Crippen molar-refractivity contribution in [3.05, 3.63) is 53.3 Å². The summed E-state index contributed by atoms with van der Waals surface area (Å²) < 4.78 is 12.4. The van der Waals surface area contributed by atoms with Crippen LogP contribution in [0.1, 0.15) is 17.3 Å². The average molecular weight is 387 g/mol. The molecule has 0 aliphatic heterocycles. The van der Waals surface area contributed by atoms with E-state index in [0.29, 0.717) is 27.8 Å². The highest BCUT2D eigenvalue weighted by Gasteiger charge is 2.16. The van der Waals surface area contributed by atoms with Crippen molar-refractivity contribution in [3.63, 3.8) is 0 Å². The first-order valence-electron chi connectivity index (χ1n) is 8.28. The molecule has 2 aromatic carbocycles. The van der Waals surface area contributed by atoms with Gasteiger partial charge in [-0.05, 0) is 31.2 Å². The zero-order chi connectivity index (χ0) is 19.4. The van der Waals surface area contributed by atoms with Crippen LogP contribution >= 0.6 is 11.6 Å². The lowest BCUT2D eigenvalue weighted by Crippen LogP contribution is -2.12. The molecule has 1 heterocycles. The summed E-state index contributed by atoms with van der Waals surface area (Å²) in [4.78, 5) is 12.7. The summed E-state index contributed by atoms with van der Waals surface area (Å²) in [5.74, 6) is 1.20. The van der Waals surface area contributed by atoms with E-state index in [1.165, 1.54) is 20.3 Å². The number of anilines is 1. The maximum Gasteiger partial charge on any atom is 0.255 e. The van der Waals surface area contributed by atoms with Crippen molar-refractivity contribution in [1.29, 1.82) is 0 Å². The van der Waals surface area contributed by atoms with Gasteiger partial charge in [-0.15, -0.1) is 10.2 Å². The molecule has 3 rings (SSSR count). The molecule has 0 fully saturated rings. The minimum absolute atomic E-state index is 0.298. The van der Waals surface area contributed by atoms with Crippen LogP contribution in [0.2, 0.25) is 5.02 Å². The van der Waals surface area contributed by atoms with E-state index in [1.54, 1.807) is 18.5 Å². The van der Waals surface area contributed by atoms with Crippen LogP contribution in [0.3, 0.4) is 0 Å². The van der Waals surface area contributed by atoms with Crippen molar-refractivity contribution in [2.45, 2.75) is 13.5 Å². The Balaban J connectivity index is 1.87. The summed E-state index contributed by atoms with van der Waals surface area (Å²) in [6.45, 7) is 2.77. The molecule has 0 aliphatic rings. The van der Waals surface area contributed by atoms with Gasteiger partial charge in [0, 0.05) is 23.4 Å². The zero-order valence-electron chi connectivity index (χ0n) is 15.2. The smallest absolute Gasteiger partial charge is 0.255 e. The van der Waals surface area contributed by atoms with Crippen LogP contribution in [0.4, 0.5) is 5.69 Å². The number of aryl methyl sites for hydroxylation is 1. The van der Waals surface area contributed by atoms with E-state index >= 15 is 0 Å². The third-order valence-corrected chi connectivity index (χ3v) is 4.31. The van der Waals surface area contributed by atoms with E-state index in [0.717, 1.165) is 17.9 Å². The molecule has 0 saturated heterocycles. The molecule has 0 aliphatic carbocycles. The molecule has 0 unspecified atom stereocenters. The predicted octanol–water partition coefficient (Wildman–Crippen LogP) is 3.89. The summed E-state index contributed by atoms with van der Waals surface area (Å²) in [6, 6.07) is 10.5. The summed E-state index contributed by atoms with van der Waals surface area (Å²) in [5, 5.41) is 11.2. The Hall–Kier alpha value is -3.06. The number of amides is 1. The van der Waals surface area contributed by atoms with Gasteiger partial charge in [-0.25, -0.2) is 0 Å². The summed E-state index contributed by atoms with van der Waals surface area (Å²) in [7, 11) is 2.98. The number of carbonyl (C=O) groups excluding carboxylic acids is 1. The normalized spacial score (nSPS) is 10.5. The Kier molecular flexibility index (Phi) is 5.61. The minimum Gasteiger partial charge on any atom is -0.493 e. The Morgan fingerprint density at radius 1 is 1.22 bits per heavy atom. The third kappa shape index (κ3) is 3.88. The molecule has 1 amide bonds. The number of hydrogen-bond acceptors (Lipinski definition) is 5. The lowest BCUT2D eigenvalue weighted by Gasteiger charge is -2.12. The van der Waals surface area contributed by atoms with Crippen molar-refractivity contribution in [3.8, 4) is 22.9 Å². The number of halogens is 1. The van der Waals surface area contributed by atoms with E-state index in [2.05, 4.69) is 15.5 Å². The fraction of sp³-hybridized carbons (Fsp3) is 0.211. The van der Waals surface area contributed by atoms with Crippen molar-refractivity contribution in [2.24, 2.45) is 0 Å². The van der Waals surface area contributed by atoms with Crippen LogP contribution in [0, 0.1) is 0 Å². The molecule has 3 aromatic rings. The molecular formula is C19H19ClN4O3. The van der Waals surface area contributed by atoms with Crippen molar-refractivity contribution >= 4 is 23.2 Å². The van der Waals surface area contributed by atoms with Crippen LogP contribution in [0.5, 0.6) is 11.5 Å². The summed E-state index contributed by atoms with van der Waals surface area (Å²) >= 11 is 6.18. The molecule has 27 heavy (non-hydrogen) atoms. The molecule has 1 aromatic heterocycles. The summed E-state index contributed by atoms with van der Waals surface area (Å²) in [5.41, 5.74) is 1.85. The van der Waals surface area contributed by atoms with Crippen LogP contribution in [-0.4, -0.2) is 34.9 Å². The number of aromatic nitrogens is 3. The highest BCUT2D eigenvalue weighted by Crippen LogP contribution is 2.36. The Morgan fingerprint density at radius 3 is 2.74 bits per heavy atom. The van der Waals surface area contributed by atoms with Gasteiger partial charge in [-0.3, -0.25) is 4.79 Å². The predicted molar refractivity (Wildman–Crippen MR) is 104 cm³/mol. The van der Waals surface area contributed by atoms with Gasteiger partial charge in [-0.1, -0.05) is 23.7 Å². The first-order valence-corrected chi connectivity index (χ1v) is 8.66. The zero-order valence-corrected chi connectivity index (χ0v) is 15.9. The highest BCUT2D eigenvalue weighted by molar-refractivity contribution is 6.32. The number of rotatable bonds is 6. The van der Waals surface area contributed by atoms with E-state index in [-0.39, 0.29) is 5.91 Å². The Labute approximate surface area is 161 Å². The van der Waals surface area contributed by atoms with Gasteiger partial charge in [0.1, 0.15) is 6.33 Å². The molecule has 7 nitrogen and oxygen atoms in total. The second-order valence-corrected chi connectivity index (χ2v) is 6.08. The quantitative estimate of drug-likeness (QED) is 0.695. The van der Waals surface area contributed by atoms with Crippen LogP contribution in [-0.2, 0) is 6.54 Å². The summed E-state index contributed by atoms with van der Waals surface area (Å²) in [6.07, 6.45) is 1.67. The fourth-order valence-corrected chi connectivity index (χ4v) is 2.99. The van der Waals surface area contributed by atoms with Gasteiger partial charge >= 0.3 is 0 Å². The molecule has 0 bridgehead atoms. The molecule has 0 saturated carbocycles. The molecular weight excluding hydrogens is 368 g/mol. The lowest BCUT2D eigenvalue weighted by molar-refractivity contribution is 0.102. The number of nitrogens with one attached hydrogen (secondary N) is 1.